The molecule has 3 nitrogen and oxygen atoms in total. The van der Waals surface area contributed by atoms with E-state index in [4.69, 9.17) is 4.74 Å². The van der Waals surface area contributed by atoms with Gasteiger partial charge in [-0.3, -0.25) is 4.79 Å². The smallest absolute Gasteiger partial charge is 0.257 e. The second-order valence-corrected chi connectivity index (χ2v) is 5.97. The van der Waals surface area contributed by atoms with Gasteiger partial charge in [0.1, 0.15) is 5.75 Å². The molecule has 1 aromatic rings. The summed E-state index contributed by atoms with van der Waals surface area (Å²) in [4.78, 5) is 14.9. The number of hydrogen-bond donors (Lipinski definition) is 0. The minimum atomic E-state index is 0.0787. The second kappa shape index (κ2) is 5.74. The van der Waals surface area contributed by atoms with Crippen LogP contribution in [-0.4, -0.2) is 35.8 Å². The van der Waals surface area contributed by atoms with Crippen LogP contribution in [0.2, 0.25) is 0 Å². The standard InChI is InChI=1S/C14H18BrNO2/c1-10-3-4-13(18-2)12(9-10)14(17)16-7-5-11(15)6-8-16/h3-4,9,11H,5-8H2,1-2H3. The molecular weight excluding hydrogens is 294 g/mol. The van der Waals surface area contributed by atoms with Gasteiger partial charge in [-0.25, -0.2) is 0 Å². The van der Waals surface area contributed by atoms with Gasteiger partial charge in [0.2, 0.25) is 0 Å². The van der Waals surface area contributed by atoms with Crippen molar-refractivity contribution in [2.24, 2.45) is 0 Å². The van der Waals surface area contributed by atoms with Crippen LogP contribution in [0.15, 0.2) is 18.2 Å². The Morgan fingerprint density at radius 3 is 2.67 bits per heavy atom. The maximum absolute atomic E-state index is 12.5. The quantitative estimate of drug-likeness (QED) is 0.786. The highest BCUT2D eigenvalue weighted by Crippen LogP contribution is 2.24. The van der Waals surface area contributed by atoms with Crippen molar-refractivity contribution >= 4 is 21.8 Å². The van der Waals surface area contributed by atoms with Crippen LogP contribution in [0.25, 0.3) is 0 Å². The van der Waals surface area contributed by atoms with E-state index in [-0.39, 0.29) is 5.91 Å². The average Bonchev–Trinajstić information content (AvgIpc) is 2.39. The van der Waals surface area contributed by atoms with E-state index in [1.807, 2.05) is 30.0 Å². The van der Waals surface area contributed by atoms with Crippen molar-refractivity contribution in [3.8, 4) is 5.75 Å². The minimum absolute atomic E-state index is 0.0787. The van der Waals surface area contributed by atoms with Crippen molar-refractivity contribution < 1.29 is 9.53 Å². The zero-order valence-electron chi connectivity index (χ0n) is 10.8. The number of nitrogens with zero attached hydrogens (tertiary/aromatic N) is 1. The Labute approximate surface area is 116 Å². The maximum atomic E-state index is 12.5. The largest absolute Gasteiger partial charge is 0.496 e. The number of hydrogen-bond acceptors (Lipinski definition) is 2. The van der Waals surface area contributed by atoms with E-state index in [0.717, 1.165) is 31.5 Å². The molecule has 1 amide bonds. The summed E-state index contributed by atoms with van der Waals surface area (Å²) < 4.78 is 5.28. The topological polar surface area (TPSA) is 29.5 Å². The number of halogens is 1. The lowest BCUT2D eigenvalue weighted by Crippen LogP contribution is -2.38. The minimum Gasteiger partial charge on any atom is -0.496 e. The molecule has 1 aromatic carbocycles. The Morgan fingerprint density at radius 1 is 1.39 bits per heavy atom. The maximum Gasteiger partial charge on any atom is 0.257 e. The van der Waals surface area contributed by atoms with Crippen LogP contribution in [0.4, 0.5) is 0 Å². The number of ether oxygens (including phenoxy) is 1. The monoisotopic (exact) mass is 311 g/mol. The van der Waals surface area contributed by atoms with Crippen LogP contribution < -0.4 is 4.74 Å². The molecule has 98 valence electrons. The van der Waals surface area contributed by atoms with Gasteiger partial charge >= 0.3 is 0 Å². The number of methoxy groups -OCH3 is 1. The molecule has 1 aliphatic rings. The number of rotatable bonds is 2. The van der Waals surface area contributed by atoms with Crippen LogP contribution in [0.5, 0.6) is 5.75 Å². The normalized spacial score (nSPS) is 16.7. The first kappa shape index (κ1) is 13.4. The number of piperidine rings is 1. The highest BCUT2D eigenvalue weighted by atomic mass is 79.9. The molecule has 4 heteroatoms. The Morgan fingerprint density at radius 2 is 2.06 bits per heavy atom. The number of amides is 1. The van der Waals surface area contributed by atoms with Gasteiger partial charge in [-0.1, -0.05) is 27.6 Å². The van der Waals surface area contributed by atoms with Gasteiger partial charge in [0.25, 0.3) is 5.91 Å². The van der Waals surface area contributed by atoms with Crippen molar-refractivity contribution in [3.05, 3.63) is 29.3 Å². The fourth-order valence-electron chi connectivity index (χ4n) is 2.21. The van der Waals surface area contributed by atoms with Crippen molar-refractivity contribution in [1.29, 1.82) is 0 Å². The average molecular weight is 312 g/mol. The summed E-state index contributed by atoms with van der Waals surface area (Å²) in [6.45, 7) is 3.61. The summed E-state index contributed by atoms with van der Waals surface area (Å²) in [6.07, 6.45) is 2.03. The fourth-order valence-corrected chi connectivity index (χ4v) is 2.62. The van der Waals surface area contributed by atoms with Crippen LogP contribution in [0.1, 0.15) is 28.8 Å². The Balaban J connectivity index is 2.20. The van der Waals surface area contributed by atoms with Crippen molar-refractivity contribution in [3.63, 3.8) is 0 Å². The second-order valence-electron chi connectivity index (χ2n) is 4.67. The van der Waals surface area contributed by atoms with Crippen LogP contribution in [-0.2, 0) is 0 Å². The van der Waals surface area contributed by atoms with Gasteiger partial charge in [-0.2, -0.15) is 0 Å². The van der Waals surface area contributed by atoms with Crippen molar-refractivity contribution in [2.75, 3.05) is 20.2 Å². The third kappa shape index (κ3) is 2.86. The lowest BCUT2D eigenvalue weighted by Gasteiger charge is -2.30. The third-order valence-corrected chi connectivity index (χ3v) is 4.21. The van der Waals surface area contributed by atoms with E-state index in [2.05, 4.69) is 15.9 Å². The summed E-state index contributed by atoms with van der Waals surface area (Å²) >= 11 is 3.60. The summed E-state index contributed by atoms with van der Waals surface area (Å²) in [5, 5.41) is 0. The van der Waals surface area contributed by atoms with E-state index >= 15 is 0 Å². The van der Waals surface area contributed by atoms with Gasteiger partial charge in [0.05, 0.1) is 12.7 Å². The van der Waals surface area contributed by atoms with Gasteiger partial charge < -0.3 is 9.64 Å². The molecule has 0 N–H and O–H groups in total. The molecule has 1 heterocycles. The third-order valence-electron chi connectivity index (χ3n) is 3.30. The first-order valence-corrected chi connectivity index (χ1v) is 7.11. The lowest BCUT2D eigenvalue weighted by atomic mass is 10.1. The predicted octanol–water partition coefficient (Wildman–Crippen LogP) is 3.00. The molecule has 0 saturated carbocycles. The summed E-state index contributed by atoms with van der Waals surface area (Å²) in [5.74, 6) is 0.738. The van der Waals surface area contributed by atoms with Gasteiger partial charge in [0, 0.05) is 17.9 Å². The molecule has 1 fully saturated rings. The SMILES string of the molecule is COc1ccc(C)cc1C(=O)N1CCC(Br)CC1. The molecule has 0 atom stereocenters. The Hall–Kier alpha value is -1.03. The molecular formula is C14H18BrNO2. The number of aryl methyl sites for hydroxylation is 1. The van der Waals surface area contributed by atoms with Crippen LogP contribution >= 0.6 is 15.9 Å². The van der Waals surface area contributed by atoms with Gasteiger partial charge in [-0.05, 0) is 31.9 Å². The van der Waals surface area contributed by atoms with E-state index in [1.54, 1.807) is 7.11 Å². The molecule has 1 aliphatic heterocycles. The van der Waals surface area contributed by atoms with E-state index in [9.17, 15) is 4.79 Å². The molecule has 0 unspecified atom stereocenters. The highest BCUT2D eigenvalue weighted by Gasteiger charge is 2.24. The summed E-state index contributed by atoms with van der Waals surface area (Å²) in [7, 11) is 1.60. The molecule has 0 radical (unpaired) electrons. The molecule has 0 bridgehead atoms. The molecule has 0 aromatic heterocycles. The first-order valence-electron chi connectivity index (χ1n) is 6.20. The predicted molar refractivity (Wildman–Crippen MR) is 75.6 cm³/mol. The van der Waals surface area contributed by atoms with E-state index in [0.29, 0.717) is 16.1 Å². The van der Waals surface area contributed by atoms with Gasteiger partial charge in [0.15, 0.2) is 0 Å². The van der Waals surface area contributed by atoms with Crippen LogP contribution in [0, 0.1) is 6.92 Å². The van der Waals surface area contributed by atoms with Crippen molar-refractivity contribution in [1.82, 2.24) is 4.90 Å². The Bertz CT molecular complexity index is 439. The first-order chi connectivity index (χ1) is 8.61. The number of likely N-dealkylation sites (tertiary alicyclic amines) is 1. The fraction of sp³-hybridized carbons (Fsp3) is 0.500. The number of carbonyl (C=O) groups excluding carboxylic acids is 1. The molecule has 2 rings (SSSR count). The zero-order valence-corrected chi connectivity index (χ0v) is 12.4. The molecule has 0 aliphatic carbocycles. The van der Waals surface area contributed by atoms with E-state index < -0.39 is 0 Å². The highest BCUT2D eigenvalue weighted by molar-refractivity contribution is 9.09. The summed E-state index contributed by atoms with van der Waals surface area (Å²) in [6, 6.07) is 5.72. The van der Waals surface area contributed by atoms with Crippen LogP contribution in [0.3, 0.4) is 0 Å². The Kier molecular flexibility index (Phi) is 4.27. The molecule has 0 spiro atoms. The van der Waals surface area contributed by atoms with Gasteiger partial charge in [-0.15, -0.1) is 0 Å². The number of alkyl halides is 1. The molecule has 18 heavy (non-hydrogen) atoms. The van der Waals surface area contributed by atoms with E-state index in [1.165, 1.54) is 0 Å². The summed E-state index contributed by atoms with van der Waals surface area (Å²) in [5.41, 5.74) is 1.75. The number of benzene rings is 1. The lowest BCUT2D eigenvalue weighted by molar-refractivity contribution is 0.0725. The molecule has 1 saturated heterocycles. The zero-order chi connectivity index (χ0) is 13.1. The number of carbonyl (C=O) groups is 1. The van der Waals surface area contributed by atoms with Crippen molar-refractivity contribution in [2.45, 2.75) is 24.6 Å².